The number of ether oxygens (including phenoxy) is 2. The van der Waals surface area contributed by atoms with Crippen LogP contribution in [0.2, 0.25) is 0 Å². The van der Waals surface area contributed by atoms with Gasteiger partial charge in [-0.05, 0) is 43.4 Å². The molecule has 0 atom stereocenters. The molecular formula is C23H31F3N2O4. The van der Waals surface area contributed by atoms with Gasteiger partial charge in [-0.15, -0.1) is 0 Å². The lowest BCUT2D eigenvalue weighted by Gasteiger charge is -2.20. The molecule has 0 aromatic carbocycles. The van der Waals surface area contributed by atoms with Crippen LogP contribution in [0.5, 0.6) is 0 Å². The van der Waals surface area contributed by atoms with Crippen molar-refractivity contribution in [3.63, 3.8) is 0 Å². The number of nitrogens with zero attached hydrogens (tertiary/aromatic N) is 1. The van der Waals surface area contributed by atoms with Crippen LogP contribution in [0.25, 0.3) is 0 Å². The Morgan fingerprint density at radius 3 is 2.59 bits per heavy atom. The van der Waals surface area contributed by atoms with Crippen molar-refractivity contribution in [2.24, 2.45) is 0 Å². The summed E-state index contributed by atoms with van der Waals surface area (Å²) in [7, 11) is 0. The minimum Gasteiger partial charge on any atom is -0.476 e. The van der Waals surface area contributed by atoms with Crippen LogP contribution in [0, 0.1) is 5.41 Å². The fourth-order valence-corrected chi connectivity index (χ4v) is 3.46. The third kappa shape index (κ3) is 8.74. The van der Waals surface area contributed by atoms with E-state index in [2.05, 4.69) is 11.0 Å². The molecule has 2 aliphatic rings. The van der Waals surface area contributed by atoms with E-state index in [-0.39, 0.29) is 25.5 Å². The van der Waals surface area contributed by atoms with E-state index in [1.807, 2.05) is 13.0 Å². The summed E-state index contributed by atoms with van der Waals surface area (Å²) >= 11 is 0. The van der Waals surface area contributed by atoms with Gasteiger partial charge >= 0.3 is 6.18 Å². The lowest BCUT2D eigenvalue weighted by Crippen LogP contribution is -2.29. The molecule has 0 aromatic heterocycles. The standard InChI is InChI=1S/C23H31F3N2O4/c1-2-17-8-11-28(12-9-18(17)10-14-31-16-21(29)30)13-15-32-22(27)19-4-3-5-20(7-6-19)23(24,25)26/h2-3,5-7,10,21,27,29-30H,4,8-9,11-16H2,1H3/b17-2-,18-10-,27-22?. The molecular weight excluding hydrogens is 425 g/mol. The van der Waals surface area contributed by atoms with Crippen LogP contribution >= 0.6 is 0 Å². The normalized spacial score (nSPS) is 20.8. The highest BCUT2D eigenvalue weighted by Gasteiger charge is 2.31. The molecule has 0 unspecified atom stereocenters. The van der Waals surface area contributed by atoms with Crippen molar-refractivity contribution in [1.82, 2.24) is 4.90 Å². The van der Waals surface area contributed by atoms with Gasteiger partial charge < -0.3 is 19.7 Å². The van der Waals surface area contributed by atoms with E-state index in [9.17, 15) is 13.2 Å². The molecule has 32 heavy (non-hydrogen) atoms. The van der Waals surface area contributed by atoms with Crippen LogP contribution in [0.1, 0.15) is 26.2 Å². The summed E-state index contributed by atoms with van der Waals surface area (Å²) < 4.78 is 49.2. The number of rotatable bonds is 8. The van der Waals surface area contributed by atoms with E-state index in [1.54, 1.807) is 0 Å². The minimum atomic E-state index is -4.41. The summed E-state index contributed by atoms with van der Waals surface area (Å²) in [6, 6.07) is 0. The molecule has 2 rings (SSSR count). The molecule has 0 spiro atoms. The van der Waals surface area contributed by atoms with Crippen molar-refractivity contribution in [1.29, 1.82) is 5.41 Å². The van der Waals surface area contributed by atoms with Crippen LogP contribution < -0.4 is 0 Å². The third-order valence-electron chi connectivity index (χ3n) is 5.24. The number of hydrogen-bond acceptors (Lipinski definition) is 6. The Labute approximate surface area is 186 Å². The van der Waals surface area contributed by atoms with Crippen molar-refractivity contribution in [2.45, 2.75) is 38.7 Å². The lowest BCUT2D eigenvalue weighted by atomic mass is 10.0. The fraction of sp³-hybridized carbons (Fsp3) is 0.522. The Morgan fingerprint density at radius 1 is 1.22 bits per heavy atom. The van der Waals surface area contributed by atoms with Gasteiger partial charge in [-0.25, -0.2) is 0 Å². The number of nitrogens with one attached hydrogen (secondary N) is 1. The first-order chi connectivity index (χ1) is 15.2. The van der Waals surface area contributed by atoms with Crippen LogP contribution in [0.4, 0.5) is 13.2 Å². The van der Waals surface area contributed by atoms with Gasteiger partial charge in [-0.3, -0.25) is 10.3 Å². The molecule has 0 radical (unpaired) electrons. The Bertz CT molecular complexity index is 796. The molecule has 178 valence electrons. The number of aliphatic hydroxyl groups excluding tert-OH is 1. The maximum Gasteiger partial charge on any atom is 0.416 e. The van der Waals surface area contributed by atoms with Gasteiger partial charge in [0.1, 0.15) is 6.61 Å². The van der Waals surface area contributed by atoms with Crippen molar-refractivity contribution in [3.05, 3.63) is 58.7 Å². The van der Waals surface area contributed by atoms with Gasteiger partial charge in [0, 0.05) is 25.2 Å². The van der Waals surface area contributed by atoms with Crippen LogP contribution in [-0.4, -0.2) is 72.9 Å². The smallest absolute Gasteiger partial charge is 0.416 e. The topological polar surface area (TPSA) is 86.0 Å². The highest BCUT2D eigenvalue weighted by molar-refractivity contribution is 5.91. The number of allylic oxidation sites excluding steroid dienone is 6. The molecule has 1 fully saturated rings. The van der Waals surface area contributed by atoms with Gasteiger partial charge in [0.15, 0.2) is 6.29 Å². The Hall–Kier alpha value is -2.20. The zero-order chi connectivity index (χ0) is 23.6. The van der Waals surface area contributed by atoms with Gasteiger partial charge in [-0.1, -0.05) is 30.4 Å². The lowest BCUT2D eigenvalue weighted by molar-refractivity contribution is -0.0906. The Balaban J connectivity index is 1.83. The number of likely N-dealkylation sites (tertiary alicyclic amines) is 1. The molecule has 3 N–H and O–H groups in total. The summed E-state index contributed by atoms with van der Waals surface area (Å²) in [5.74, 6) is -0.109. The first kappa shape index (κ1) is 26.1. The highest BCUT2D eigenvalue weighted by Crippen LogP contribution is 2.28. The zero-order valence-electron chi connectivity index (χ0n) is 18.2. The molecule has 1 aliphatic heterocycles. The average molecular weight is 457 g/mol. The molecule has 0 bridgehead atoms. The van der Waals surface area contributed by atoms with E-state index in [0.717, 1.165) is 38.1 Å². The summed E-state index contributed by atoms with van der Waals surface area (Å²) in [6.45, 7) is 4.65. The summed E-state index contributed by atoms with van der Waals surface area (Å²) in [6.07, 6.45) is 4.69. The minimum absolute atomic E-state index is 0.109. The predicted molar refractivity (Wildman–Crippen MR) is 116 cm³/mol. The Kier molecular flexibility index (Phi) is 10.4. The van der Waals surface area contributed by atoms with Gasteiger partial charge in [0.2, 0.25) is 5.90 Å². The van der Waals surface area contributed by atoms with Crippen molar-refractivity contribution in [2.75, 3.05) is 39.5 Å². The van der Waals surface area contributed by atoms with E-state index >= 15 is 0 Å². The maximum atomic E-state index is 12.8. The van der Waals surface area contributed by atoms with Crippen molar-refractivity contribution < 1.29 is 32.9 Å². The van der Waals surface area contributed by atoms with Gasteiger partial charge in [0.25, 0.3) is 0 Å². The quantitative estimate of drug-likeness (QED) is 0.225. The number of halogens is 3. The summed E-state index contributed by atoms with van der Waals surface area (Å²) in [5, 5.41) is 25.7. The molecule has 0 amide bonds. The fourth-order valence-electron chi connectivity index (χ4n) is 3.46. The van der Waals surface area contributed by atoms with E-state index in [1.165, 1.54) is 23.3 Å². The SMILES string of the molecule is C/C=C1/CCN(CCOC(=N)C2=CC=C(C(F)(F)F)C=CC2)CC/C1=C/COCC(O)O. The first-order valence-electron chi connectivity index (χ1n) is 10.6. The Morgan fingerprint density at radius 2 is 1.94 bits per heavy atom. The second-order valence-electron chi connectivity index (χ2n) is 7.50. The second kappa shape index (κ2) is 12.7. The maximum absolute atomic E-state index is 12.8. The van der Waals surface area contributed by atoms with Crippen LogP contribution in [-0.2, 0) is 9.47 Å². The summed E-state index contributed by atoms with van der Waals surface area (Å²) in [5.41, 5.74) is 2.05. The molecule has 1 heterocycles. The zero-order valence-corrected chi connectivity index (χ0v) is 18.2. The number of hydrogen-bond donors (Lipinski definition) is 3. The predicted octanol–water partition coefficient (Wildman–Crippen LogP) is 3.65. The number of alkyl halides is 3. The molecule has 6 nitrogen and oxygen atoms in total. The monoisotopic (exact) mass is 456 g/mol. The highest BCUT2D eigenvalue weighted by atomic mass is 19.4. The van der Waals surface area contributed by atoms with Crippen molar-refractivity contribution >= 4 is 5.90 Å². The van der Waals surface area contributed by atoms with Crippen LogP contribution in [0.3, 0.4) is 0 Å². The van der Waals surface area contributed by atoms with Crippen LogP contribution in [0.15, 0.2) is 58.7 Å². The first-order valence-corrected chi connectivity index (χ1v) is 10.6. The van der Waals surface area contributed by atoms with Crippen molar-refractivity contribution in [3.8, 4) is 0 Å². The van der Waals surface area contributed by atoms with E-state index in [4.69, 9.17) is 25.1 Å². The third-order valence-corrected chi connectivity index (χ3v) is 5.24. The molecule has 0 aromatic rings. The second-order valence-corrected chi connectivity index (χ2v) is 7.50. The van der Waals surface area contributed by atoms with E-state index in [0.29, 0.717) is 18.7 Å². The van der Waals surface area contributed by atoms with Gasteiger partial charge in [0.05, 0.1) is 18.8 Å². The van der Waals surface area contributed by atoms with Gasteiger partial charge in [-0.2, -0.15) is 13.2 Å². The molecule has 0 saturated carbocycles. The molecule has 9 heteroatoms. The molecule has 1 saturated heterocycles. The average Bonchev–Trinajstić information content (AvgIpc) is 3.10. The summed E-state index contributed by atoms with van der Waals surface area (Å²) in [4.78, 5) is 2.22. The number of aliphatic hydroxyl groups is 2. The van der Waals surface area contributed by atoms with E-state index < -0.39 is 18.0 Å². The largest absolute Gasteiger partial charge is 0.476 e. The molecule has 1 aliphatic carbocycles.